The molecule has 1 heterocycles. The lowest BCUT2D eigenvalue weighted by Crippen LogP contribution is -2.36. The third-order valence-corrected chi connectivity index (χ3v) is 6.35. The summed E-state index contributed by atoms with van der Waals surface area (Å²) in [5.74, 6) is 1.08. The van der Waals surface area contributed by atoms with Crippen LogP contribution in [0.4, 0.5) is 0 Å². The van der Waals surface area contributed by atoms with Crippen molar-refractivity contribution < 1.29 is 19.1 Å². The molecule has 1 N–H and O–H groups in total. The van der Waals surface area contributed by atoms with Gasteiger partial charge in [0.15, 0.2) is 11.5 Å². The van der Waals surface area contributed by atoms with Crippen molar-refractivity contribution in [1.29, 1.82) is 0 Å². The van der Waals surface area contributed by atoms with Crippen LogP contribution in [-0.2, 0) is 22.7 Å². The Balaban J connectivity index is 1.46. The third-order valence-electron chi connectivity index (χ3n) is 6.35. The summed E-state index contributed by atoms with van der Waals surface area (Å²) in [7, 11) is 3.17. The molecule has 0 bridgehead atoms. The van der Waals surface area contributed by atoms with Crippen molar-refractivity contribution in [1.82, 2.24) is 10.2 Å². The quantitative estimate of drug-likeness (QED) is 0.682. The van der Waals surface area contributed by atoms with Gasteiger partial charge in [0.2, 0.25) is 5.91 Å². The molecule has 2 aliphatic rings. The fourth-order valence-corrected chi connectivity index (χ4v) is 4.80. The molecule has 2 aromatic carbocycles. The Hall–Kier alpha value is -3.28. The van der Waals surface area contributed by atoms with Crippen LogP contribution in [0.5, 0.6) is 11.5 Å². The van der Waals surface area contributed by atoms with Gasteiger partial charge in [-0.2, -0.15) is 0 Å². The zero-order chi connectivity index (χ0) is 22.5. The highest BCUT2D eigenvalue weighted by molar-refractivity contribution is 6.02. The molecule has 32 heavy (non-hydrogen) atoms. The lowest BCUT2D eigenvalue weighted by Gasteiger charge is -2.30. The van der Waals surface area contributed by atoms with E-state index in [1.165, 1.54) is 0 Å². The molecule has 1 aliphatic heterocycles. The molecule has 2 aromatic rings. The highest BCUT2D eigenvalue weighted by Crippen LogP contribution is 2.38. The molecule has 1 aliphatic carbocycles. The van der Waals surface area contributed by atoms with E-state index in [9.17, 15) is 9.59 Å². The fraction of sp³-hybridized carbons (Fsp3) is 0.385. The predicted molar refractivity (Wildman–Crippen MR) is 122 cm³/mol. The lowest BCUT2D eigenvalue weighted by atomic mass is 9.88. The fourth-order valence-electron chi connectivity index (χ4n) is 4.80. The normalized spacial score (nSPS) is 17.9. The van der Waals surface area contributed by atoms with Crippen molar-refractivity contribution in [2.45, 2.75) is 51.2 Å². The molecule has 6 heteroatoms. The Morgan fingerprint density at radius 1 is 1.06 bits per heavy atom. The van der Waals surface area contributed by atoms with Crippen LogP contribution in [0.15, 0.2) is 59.7 Å². The number of amides is 2. The van der Waals surface area contributed by atoms with Gasteiger partial charge in [0, 0.05) is 24.2 Å². The highest BCUT2D eigenvalue weighted by Gasteiger charge is 2.40. The molecule has 0 radical (unpaired) electrons. The Morgan fingerprint density at radius 3 is 2.62 bits per heavy atom. The van der Waals surface area contributed by atoms with Crippen LogP contribution in [0.3, 0.4) is 0 Å². The molecule has 0 spiro atoms. The molecular formula is C26H30N2O4. The first-order valence-electron chi connectivity index (χ1n) is 11.2. The standard InChI is InChI=1S/C26H30N2O4/c1-31-23-14-8-11-19(25(23)32-2)16-27-24(29)15-21-20-12-6-7-13-22(20)28(26(21)30)17-18-9-4-3-5-10-18/h3-5,8-11,14,22H,6-7,12-13,15-17H2,1-2H3,(H,27,29). The molecular weight excluding hydrogens is 404 g/mol. The molecule has 1 saturated carbocycles. The van der Waals surface area contributed by atoms with Gasteiger partial charge in [-0.05, 0) is 36.5 Å². The average molecular weight is 435 g/mol. The average Bonchev–Trinajstić information content (AvgIpc) is 3.09. The minimum atomic E-state index is -0.156. The Kier molecular flexibility index (Phi) is 6.78. The smallest absolute Gasteiger partial charge is 0.251 e. The van der Waals surface area contributed by atoms with Crippen LogP contribution in [0.25, 0.3) is 0 Å². The summed E-state index contributed by atoms with van der Waals surface area (Å²) in [5, 5.41) is 2.95. The number of methoxy groups -OCH3 is 2. The number of nitrogens with zero attached hydrogens (tertiary/aromatic N) is 1. The second-order valence-corrected chi connectivity index (χ2v) is 8.29. The van der Waals surface area contributed by atoms with Crippen molar-refractivity contribution in [2.75, 3.05) is 14.2 Å². The van der Waals surface area contributed by atoms with E-state index in [-0.39, 0.29) is 24.3 Å². The largest absolute Gasteiger partial charge is 0.493 e. The maximum Gasteiger partial charge on any atom is 0.251 e. The maximum atomic E-state index is 13.3. The van der Waals surface area contributed by atoms with Gasteiger partial charge in [0.05, 0.1) is 26.7 Å². The van der Waals surface area contributed by atoms with Crippen molar-refractivity contribution in [3.8, 4) is 11.5 Å². The van der Waals surface area contributed by atoms with Gasteiger partial charge in [0.25, 0.3) is 5.91 Å². The van der Waals surface area contributed by atoms with Crippen molar-refractivity contribution in [3.05, 3.63) is 70.8 Å². The van der Waals surface area contributed by atoms with E-state index in [0.717, 1.165) is 42.4 Å². The molecule has 1 fully saturated rings. The molecule has 4 rings (SSSR count). The van der Waals surface area contributed by atoms with E-state index in [0.29, 0.717) is 30.2 Å². The van der Waals surface area contributed by atoms with E-state index in [1.54, 1.807) is 14.2 Å². The Morgan fingerprint density at radius 2 is 1.88 bits per heavy atom. The predicted octanol–water partition coefficient (Wildman–Crippen LogP) is 3.99. The minimum absolute atomic E-state index is 0.00450. The van der Waals surface area contributed by atoms with E-state index >= 15 is 0 Å². The molecule has 1 atom stereocenters. The zero-order valence-corrected chi connectivity index (χ0v) is 18.7. The SMILES string of the molecule is COc1cccc(CNC(=O)CC2=C3CCCCC3N(Cc3ccccc3)C2=O)c1OC. The van der Waals surface area contributed by atoms with E-state index in [4.69, 9.17) is 9.47 Å². The minimum Gasteiger partial charge on any atom is -0.493 e. The zero-order valence-electron chi connectivity index (χ0n) is 18.7. The van der Waals surface area contributed by atoms with Gasteiger partial charge in [-0.1, -0.05) is 48.9 Å². The first kappa shape index (κ1) is 21.9. The number of para-hydroxylation sites is 1. The van der Waals surface area contributed by atoms with Crippen molar-refractivity contribution in [3.63, 3.8) is 0 Å². The number of carbonyl (C=O) groups excluding carboxylic acids is 2. The van der Waals surface area contributed by atoms with E-state index in [1.807, 2.05) is 53.4 Å². The number of fused-ring (bicyclic) bond motifs is 1. The van der Waals surface area contributed by atoms with Crippen LogP contribution in [0.2, 0.25) is 0 Å². The monoisotopic (exact) mass is 434 g/mol. The molecule has 0 aromatic heterocycles. The first-order valence-corrected chi connectivity index (χ1v) is 11.2. The van der Waals surface area contributed by atoms with Crippen LogP contribution < -0.4 is 14.8 Å². The number of rotatable bonds is 8. The van der Waals surface area contributed by atoms with Gasteiger partial charge >= 0.3 is 0 Å². The number of nitrogens with one attached hydrogen (secondary N) is 1. The molecule has 0 saturated heterocycles. The van der Waals surface area contributed by atoms with Crippen molar-refractivity contribution >= 4 is 11.8 Å². The molecule has 6 nitrogen and oxygen atoms in total. The van der Waals surface area contributed by atoms with Gasteiger partial charge in [-0.3, -0.25) is 9.59 Å². The van der Waals surface area contributed by atoms with Gasteiger partial charge < -0.3 is 19.7 Å². The lowest BCUT2D eigenvalue weighted by molar-refractivity contribution is -0.129. The number of ether oxygens (including phenoxy) is 2. The van der Waals surface area contributed by atoms with Crippen molar-refractivity contribution in [2.24, 2.45) is 0 Å². The topological polar surface area (TPSA) is 67.9 Å². The Bertz CT molecular complexity index is 1020. The van der Waals surface area contributed by atoms with Crippen LogP contribution in [-0.4, -0.2) is 37.0 Å². The van der Waals surface area contributed by atoms with Crippen LogP contribution in [0.1, 0.15) is 43.2 Å². The maximum absolute atomic E-state index is 13.3. The summed E-state index contributed by atoms with van der Waals surface area (Å²) < 4.78 is 10.8. The molecule has 2 amide bonds. The number of hydrogen-bond acceptors (Lipinski definition) is 4. The number of benzene rings is 2. The van der Waals surface area contributed by atoms with E-state index in [2.05, 4.69) is 5.32 Å². The van der Waals surface area contributed by atoms with E-state index < -0.39 is 0 Å². The summed E-state index contributed by atoms with van der Waals surface area (Å²) in [5.41, 5.74) is 3.78. The van der Waals surface area contributed by atoms with Crippen LogP contribution >= 0.6 is 0 Å². The molecule has 168 valence electrons. The third kappa shape index (κ3) is 4.49. The van der Waals surface area contributed by atoms with Crippen LogP contribution in [0, 0.1) is 0 Å². The summed E-state index contributed by atoms with van der Waals surface area (Å²) in [4.78, 5) is 28.1. The Labute approximate surface area is 189 Å². The number of hydrogen-bond donors (Lipinski definition) is 1. The van der Waals surface area contributed by atoms with Gasteiger partial charge in [0.1, 0.15) is 0 Å². The number of carbonyl (C=O) groups is 2. The second kappa shape index (κ2) is 9.90. The highest BCUT2D eigenvalue weighted by atomic mass is 16.5. The summed E-state index contributed by atoms with van der Waals surface area (Å²) in [6.07, 6.45) is 4.17. The molecule has 1 unspecified atom stereocenters. The van der Waals surface area contributed by atoms with Gasteiger partial charge in [-0.15, -0.1) is 0 Å². The summed E-state index contributed by atoms with van der Waals surface area (Å²) in [6, 6.07) is 15.7. The first-order chi connectivity index (χ1) is 15.6. The van der Waals surface area contributed by atoms with Gasteiger partial charge in [-0.25, -0.2) is 0 Å². The second-order valence-electron chi connectivity index (χ2n) is 8.29. The summed E-state index contributed by atoms with van der Waals surface area (Å²) >= 11 is 0. The summed E-state index contributed by atoms with van der Waals surface area (Å²) in [6.45, 7) is 0.896.